The molecular formula is C18H33N5O5S. The van der Waals surface area contributed by atoms with E-state index in [9.17, 15) is 24.3 Å². The number of carboxylic acids is 1. The molecule has 0 radical (unpaired) electrons. The lowest BCUT2D eigenvalue weighted by molar-refractivity contribution is -0.149. The zero-order valence-electron chi connectivity index (χ0n) is 16.9. The van der Waals surface area contributed by atoms with Gasteiger partial charge in [-0.2, -0.15) is 11.8 Å². The third-order valence-corrected chi connectivity index (χ3v) is 5.44. The average molecular weight is 432 g/mol. The van der Waals surface area contributed by atoms with E-state index < -0.39 is 41.8 Å². The number of unbranched alkanes of at least 4 members (excludes halogenated alkanes) is 1. The summed E-state index contributed by atoms with van der Waals surface area (Å²) >= 11 is 1.52. The number of aliphatic carboxylic acids is 1. The molecule has 1 fully saturated rings. The van der Waals surface area contributed by atoms with Crippen molar-refractivity contribution in [2.24, 2.45) is 11.5 Å². The summed E-state index contributed by atoms with van der Waals surface area (Å²) in [5.74, 6) is -1.77. The van der Waals surface area contributed by atoms with Crippen molar-refractivity contribution in [1.29, 1.82) is 0 Å². The van der Waals surface area contributed by atoms with Gasteiger partial charge < -0.3 is 32.1 Å². The molecule has 11 heteroatoms. The van der Waals surface area contributed by atoms with Gasteiger partial charge in [0.2, 0.25) is 17.7 Å². The number of nitrogens with one attached hydrogen (secondary N) is 2. The van der Waals surface area contributed by atoms with Gasteiger partial charge in [-0.15, -0.1) is 0 Å². The number of rotatable bonds is 13. The Bertz CT molecular complexity index is 577. The molecule has 1 aliphatic heterocycles. The number of carboxylic acid groups (broad SMARTS) is 1. The van der Waals surface area contributed by atoms with Crippen molar-refractivity contribution in [3.05, 3.63) is 0 Å². The van der Waals surface area contributed by atoms with E-state index in [2.05, 4.69) is 10.6 Å². The third-order valence-electron chi connectivity index (χ3n) is 4.79. The molecule has 10 nitrogen and oxygen atoms in total. The molecule has 1 rings (SSSR count). The summed E-state index contributed by atoms with van der Waals surface area (Å²) in [7, 11) is 0. The van der Waals surface area contributed by atoms with Gasteiger partial charge in [0.05, 0.1) is 12.6 Å². The molecule has 0 aromatic carbocycles. The van der Waals surface area contributed by atoms with Gasteiger partial charge in [0, 0.05) is 6.54 Å². The maximum Gasteiger partial charge on any atom is 0.326 e. The Morgan fingerprint density at radius 2 is 1.97 bits per heavy atom. The van der Waals surface area contributed by atoms with Crippen LogP contribution in [0.4, 0.5) is 0 Å². The van der Waals surface area contributed by atoms with Crippen LogP contribution in [0.2, 0.25) is 0 Å². The van der Waals surface area contributed by atoms with Crippen LogP contribution in [0, 0.1) is 0 Å². The van der Waals surface area contributed by atoms with Crippen molar-refractivity contribution in [1.82, 2.24) is 15.5 Å². The van der Waals surface area contributed by atoms with E-state index in [1.54, 1.807) is 0 Å². The van der Waals surface area contributed by atoms with Gasteiger partial charge in [0.15, 0.2) is 0 Å². The van der Waals surface area contributed by atoms with Crippen LogP contribution in [0.3, 0.4) is 0 Å². The van der Waals surface area contributed by atoms with Crippen molar-refractivity contribution in [3.8, 4) is 0 Å². The number of amides is 3. The standard InChI is InChI=1S/C18H33N5O5S/c1-29-10-7-13(17(26)23-9-4-6-14(23)18(27)28)22-15(24)11-21-16(25)12(20)5-2-3-8-19/h12-14H,2-11,19-20H2,1H3,(H,21,25)(H,22,24)(H,27,28). The lowest BCUT2D eigenvalue weighted by Crippen LogP contribution is -2.54. The highest BCUT2D eigenvalue weighted by Gasteiger charge is 2.37. The van der Waals surface area contributed by atoms with Crippen LogP contribution in [0.25, 0.3) is 0 Å². The first-order valence-electron chi connectivity index (χ1n) is 9.86. The van der Waals surface area contributed by atoms with E-state index in [1.165, 1.54) is 16.7 Å². The Morgan fingerprint density at radius 1 is 1.24 bits per heavy atom. The quantitative estimate of drug-likeness (QED) is 0.228. The smallest absolute Gasteiger partial charge is 0.326 e. The van der Waals surface area contributed by atoms with Crippen LogP contribution in [0.5, 0.6) is 0 Å². The minimum Gasteiger partial charge on any atom is -0.480 e. The molecule has 3 amide bonds. The Labute approximate surface area is 175 Å². The number of nitrogens with zero attached hydrogens (tertiary/aromatic N) is 1. The fourth-order valence-electron chi connectivity index (χ4n) is 3.16. The van der Waals surface area contributed by atoms with E-state index in [1.807, 2.05) is 6.26 Å². The number of thioether (sulfide) groups is 1. The summed E-state index contributed by atoms with van der Waals surface area (Å²) in [6, 6.07) is -2.41. The van der Waals surface area contributed by atoms with Crippen LogP contribution in [0.1, 0.15) is 38.5 Å². The molecule has 3 unspecified atom stereocenters. The highest BCUT2D eigenvalue weighted by Crippen LogP contribution is 2.19. The molecule has 0 aliphatic carbocycles. The van der Waals surface area contributed by atoms with E-state index in [0.29, 0.717) is 44.5 Å². The van der Waals surface area contributed by atoms with Gasteiger partial charge in [-0.3, -0.25) is 14.4 Å². The van der Waals surface area contributed by atoms with E-state index >= 15 is 0 Å². The van der Waals surface area contributed by atoms with Gasteiger partial charge in [0.1, 0.15) is 12.1 Å². The number of carbonyl (C=O) groups is 4. The van der Waals surface area contributed by atoms with Crippen molar-refractivity contribution in [2.75, 3.05) is 31.6 Å². The van der Waals surface area contributed by atoms with Crippen molar-refractivity contribution in [2.45, 2.75) is 56.7 Å². The maximum absolute atomic E-state index is 12.8. The molecule has 0 saturated carbocycles. The zero-order chi connectivity index (χ0) is 21.8. The largest absolute Gasteiger partial charge is 0.480 e. The highest BCUT2D eigenvalue weighted by atomic mass is 32.2. The van der Waals surface area contributed by atoms with Crippen LogP contribution < -0.4 is 22.1 Å². The van der Waals surface area contributed by atoms with Gasteiger partial charge in [-0.05, 0) is 50.7 Å². The molecule has 7 N–H and O–H groups in total. The number of hydrogen-bond donors (Lipinski definition) is 5. The number of hydrogen-bond acceptors (Lipinski definition) is 7. The molecule has 1 heterocycles. The third kappa shape index (κ3) is 8.58. The van der Waals surface area contributed by atoms with Crippen LogP contribution in [-0.2, 0) is 19.2 Å². The lowest BCUT2D eigenvalue weighted by Gasteiger charge is -2.27. The fraction of sp³-hybridized carbons (Fsp3) is 0.778. The van der Waals surface area contributed by atoms with Crippen molar-refractivity contribution >= 4 is 35.5 Å². The fourth-order valence-corrected chi connectivity index (χ4v) is 3.64. The molecular weight excluding hydrogens is 398 g/mol. The highest BCUT2D eigenvalue weighted by molar-refractivity contribution is 7.98. The minimum atomic E-state index is -1.04. The van der Waals surface area contributed by atoms with Crippen LogP contribution in [-0.4, -0.2) is 83.5 Å². The molecule has 0 bridgehead atoms. The first kappa shape index (κ1) is 25.2. The Kier molecular flexibility index (Phi) is 11.6. The summed E-state index contributed by atoms with van der Waals surface area (Å²) in [6.07, 6.45) is 5.25. The molecule has 29 heavy (non-hydrogen) atoms. The molecule has 166 valence electrons. The number of carbonyl (C=O) groups excluding carboxylic acids is 3. The monoisotopic (exact) mass is 431 g/mol. The average Bonchev–Trinajstić information content (AvgIpc) is 3.19. The second-order valence-corrected chi connectivity index (χ2v) is 8.02. The Balaban J connectivity index is 2.58. The van der Waals surface area contributed by atoms with E-state index in [0.717, 1.165) is 12.8 Å². The Hall–Kier alpha value is -1.85. The predicted octanol–water partition coefficient (Wildman–Crippen LogP) is -1.13. The maximum atomic E-state index is 12.8. The molecule has 3 atom stereocenters. The summed E-state index contributed by atoms with van der Waals surface area (Å²) in [5, 5.41) is 14.4. The first-order valence-corrected chi connectivity index (χ1v) is 11.3. The van der Waals surface area contributed by atoms with Gasteiger partial charge in [-0.1, -0.05) is 6.42 Å². The number of nitrogens with two attached hydrogens (primary N) is 2. The second kappa shape index (κ2) is 13.4. The summed E-state index contributed by atoms with van der Waals surface area (Å²) in [5.41, 5.74) is 11.2. The SMILES string of the molecule is CSCCC(NC(=O)CNC(=O)C(N)CCCCN)C(=O)N1CCCC1C(=O)O. The van der Waals surface area contributed by atoms with Crippen molar-refractivity contribution in [3.63, 3.8) is 0 Å². The predicted molar refractivity (Wildman–Crippen MR) is 111 cm³/mol. The molecule has 0 spiro atoms. The summed E-state index contributed by atoms with van der Waals surface area (Å²) in [4.78, 5) is 49.7. The topological polar surface area (TPSA) is 168 Å². The molecule has 1 saturated heterocycles. The van der Waals surface area contributed by atoms with Crippen LogP contribution in [0.15, 0.2) is 0 Å². The minimum absolute atomic E-state index is 0.297. The number of likely N-dealkylation sites (tertiary alicyclic amines) is 1. The van der Waals surface area contributed by atoms with Gasteiger partial charge in [0.25, 0.3) is 0 Å². The summed E-state index contributed by atoms with van der Waals surface area (Å²) < 4.78 is 0. The lowest BCUT2D eigenvalue weighted by atomic mass is 10.1. The normalized spacial score (nSPS) is 18.2. The van der Waals surface area contributed by atoms with E-state index in [4.69, 9.17) is 11.5 Å². The molecule has 1 aliphatic rings. The first-order chi connectivity index (χ1) is 13.8. The van der Waals surface area contributed by atoms with Crippen molar-refractivity contribution < 1.29 is 24.3 Å². The van der Waals surface area contributed by atoms with Gasteiger partial charge in [-0.25, -0.2) is 4.79 Å². The van der Waals surface area contributed by atoms with Gasteiger partial charge >= 0.3 is 5.97 Å². The second-order valence-electron chi connectivity index (χ2n) is 7.04. The molecule has 0 aromatic heterocycles. The van der Waals surface area contributed by atoms with E-state index in [-0.39, 0.29) is 6.54 Å². The molecule has 0 aromatic rings. The zero-order valence-corrected chi connectivity index (χ0v) is 17.7. The Morgan fingerprint density at radius 3 is 2.59 bits per heavy atom. The van der Waals surface area contributed by atoms with Crippen LogP contribution >= 0.6 is 11.8 Å². The summed E-state index contributed by atoms with van der Waals surface area (Å²) in [6.45, 7) is 0.590.